The molecule has 0 saturated heterocycles. The smallest absolute Gasteiger partial charge is 0.323 e. The van der Waals surface area contributed by atoms with Gasteiger partial charge in [0.25, 0.3) is 0 Å². The van der Waals surface area contributed by atoms with Gasteiger partial charge in [0.05, 0.1) is 53.3 Å². The highest BCUT2D eigenvalue weighted by atomic mass is 35.5. The average molecular weight is 450 g/mol. The van der Waals surface area contributed by atoms with E-state index in [9.17, 15) is 10.1 Å². The summed E-state index contributed by atoms with van der Waals surface area (Å²) in [5, 5.41) is 23.1. The molecule has 12 heteroatoms. The lowest BCUT2D eigenvalue weighted by Crippen LogP contribution is -2.21. The van der Waals surface area contributed by atoms with Gasteiger partial charge in [0, 0.05) is 12.7 Å². The van der Waals surface area contributed by atoms with Gasteiger partial charge in [-0.15, -0.1) is 4.80 Å². The second-order valence-electron chi connectivity index (χ2n) is 6.57. The number of pyridine rings is 3. The third kappa shape index (κ3) is 4.18. The van der Waals surface area contributed by atoms with E-state index in [4.69, 9.17) is 16.3 Å². The van der Waals surface area contributed by atoms with Crippen molar-refractivity contribution in [2.45, 2.75) is 13.0 Å². The summed E-state index contributed by atoms with van der Waals surface area (Å²) in [6.07, 6.45) is 5.47. The van der Waals surface area contributed by atoms with Crippen LogP contribution in [0.2, 0.25) is 5.15 Å². The first kappa shape index (κ1) is 21.1. The first-order chi connectivity index (χ1) is 15.5. The molecule has 0 fully saturated rings. The molecule has 0 aliphatic carbocycles. The molecule has 11 nitrogen and oxygen atoms in total. The Labute approximate surface area is 187 Å². The zero-order valence-corrected chi connectivity index (χ0v) is 17.7. The van der Waals surface area contributed by atoms with Crippen LogP contribution in [0.3, 0.4) is 0 Å². The molecule has 0 radical (unpaired) electrons. The van der Waals surface area contributed by atoms with Gasteiger partial charge in [0.2, 0.25) is 0 Å². The molecule has 1 atom stereocenters. The van der Waals surface area contributed by atoms with E-state index in [0.717, 1.165) is 0 Å². The van der Waals surface area contributed by atoms with Crippen LogP contribution in [-0.4, -0.2) is 43.1 Å². The monoisotopic (exact) mass is 449 g/mol. The minimum absolute atomic E-state index is 0.193. The minimum Gasteiger partial charge on any atom is -0.377 e. The van der Waals surface area contributed by atoms with Gasteiger partial charge in [0.15, 0.2) is 5.82 Å². The van der Waals surface area contributed by atoms with E-state index < -0.39 is 12.1 Å². The summed E-state index contributed by atoms with van der Waals surface area (Å²) in [5.74, 6) is 0.251. The normalized spacial score (nSPS) is 11.7. The van der Waals surface area contributed by atoms with E-state index in [1.165, 1.54) is 35.7 Å². The number of carbonyl (C=O) groups excluding carboxylic acids is 1. The summed E-state index contributed by atoms with van der Waals surface area (Å²) in [4.78, 5) is 26.8. The Hall–Kier alpha value is -4.14. The number of hydrogen-bond donors (Lipinski definition) is 2. The number of nitriles is 1. The van der Waals surface area contributed by atoms with E-state index in [0.29, 0.717) is 33.1 Å². The molecule has 0 aliphatic rings. The van der Waals surface area contributed by atoms with Gasteiger partial charge >= 0.3 is 6.03 Å². The highest BCUT2D eigenvalue weighted by molar-refractivity contribution is 6.29. The van der Waals surface area contributed by atoms with Crippen LogP contribution in [0.4, 0.5) is 16.2 Å². The molecule has 4 rings (SSSR count). The van der Waals surface area contributed by atoms with Crippen molar-refractivity contribution in [2.24, 2.45) is 0 Å². The van der Waals surface area contributed by atoms with Crippen LogP contribution in [0.15, 0.2) is 43.0 Å². The summed E-state index contributed by atoms with van der Waals surface area (Å²) < 4.78 is 5.46. The second kappa shape index (κ2) is 8.93. The van der Waals surface area contributed by atoms with Gasteiger partial charge < -0.3 is 15.4 Å². The van der Waals surface area contributed by atoms with Crippen molar-refractivity contribution < 1.29 is 9.53 Å². The predicted molar refractivity (Wildman–Crippen MR) is 116 cm³/mol. The highest BCUT2D eigenvalue weighted by Gasteiger charge is 2.19. The van der Waals surface area contributed by atoms with Gasteiger partial charge in [-0.2, -0.15) is 15.5 Å². The van der Waals surface area contributed by atoms with Crippen molar-refractivity contribution in [1.29, 1.82) is 5.26 Å². The standard InChI is InChI=1S/C20H16ClN9O2/c1-11(32-2)17-15(10-23-14-3-4-16(21)29-18(14)17)28-20(31)27-13-7-12(8-22)19(24-9-13)30-25-5-6-26-30/h3-7,9-11H,1-2H3,(H2,27,28,31). The lowest BCUT2D eigenvalue weighted by molar-refractivity contribution is 0.121. The molecule has 4 heterocycles. The van der Waals surface area contributed by atoms with Crippen molar-refractivity contribution in [2.75, 3.05) is 17.7 Å². The van der Waals surface area contributed by atoms with Crippen LogP contribution in [0.5, 0.6) is 0 Å². The molecule has 0 saturated carbocycles. The van der Waals surface area contributed by atoms with E-state index in [1.807, 2.05) is 13.0 Å². The summed E-state index contributed by atoms with van der Waals surface area (Å²) in [6.45, 7) is 1.83. The number of fused-ring (bicyclic) bond motifs is 1. The minimum atomic E-state index is -0.562. The van der Waals surface area contributed by atoms with Gasteiger partial charge in [0.1, 0.15) is 16.8 Å². The molecule has 4 aromatic rings. The maximum absolute atomic E-state index is 12.7. The van der Waals surface area contributed by atoms with Gasteiger partial charge in [-0.05, 0) is 25.1 Å². The van der Waals surface area contributed by atoms with Crippen LogP contribution in [-0.2, 0) is 4.74 Å². The lowest BCUT2D eigenvalue weighted by atomic mass is 10.1. The van der Waals surface area contributed by atoms with Crippen LogP contribution in [0.1, 0.15) is 24.2 Å². The molecular weight excluding hydrogens is 434 g/mol. The Morgan fingerprint density at radius 3 is 2.72 bits per heavy atom. The van der Waals surface area contributed by atoms with E-state index >= 15 is 0 Å². The van der Waals surface area contributed by atoms with Crippen molar-refractivity contribution in [3.05, 3.63) is 59.3 Å². The number of anilines is 2. The topological polar surface area (TPSA) is 144 Å². The first-order valence-electron chi connectivity index (χ1n) is 9.33. The SMILES string of the molecule is COC(C)c1c(NC(=O)Nc2cnc(-n3nccn3)c(C#N)c2)cnc2ccc(Cl)nc12. The number of amides is 2. The third-order valence-electron chi connectivity index (χ3n) is 4.58. The Kier molecular flexibility index (Phi) is 5.89. The fourth-order valence-corrected chi connectivity index (χ4v) is 3.22. The number of urea groups is 1. The second-order valence-corrected chi connectivity index (χ2v) is 6.96. The molecule has 1 unspecified atom stereocenters. The summed E-state index contributed by atoms with van der Waals surface area (Å²) >= 11 is 6.06. The van der Waals surface area contributed by atoms with Crippen molar-refractivity contribution in [3.8, 4) is 11.9 Å². The number of aromatic nitrogens is 6. The fourth-order valence-electron chi connectivity index (χ4n) is 3.07. The zero-order valence-electron chi connectivity index (χ0n) is 16.9. The highest BCUT2D eigenvalue weighted by Crippen LogP contribution is 2.31. The Morgan fingerprint density at radius 2 is 2.00 bits per heavy atom. The number of nitrogens with one attached hydrogen (secondary N) is 2. The Bertz CT molecular complexity index is 1340. The van der Waals surface area contributed by atoms with E-state index in [2.05, 4.69) is 35.8 Å². The van der Waals surface area contributed by atoms with Crippen LogP contribution in [0, 0.1) is 11.3 Å². The van der Waals surface area contributed by atoms with Gasteiger partial charge in [-0.25, -0.2) is 14.8 Å². The Balaban J connectivity index is 1.61. The predicted octanol–water partition coefficient (Wildman–Crippen LogP) is 3.48. The molecule has 160 valence electrons. The number of methoxy groups -OCH3 is 1. The molecule has 0 spiro atoms. The van der Waals surface area contributed by atoms with Crippen molar-refractivity contribution in [3.63, 3.8) is 0 Å². The molecule has 32 heavy (non-hydrogen) atoms. The number of rotatable bonds is 5. The molecule has 2 amide bonds. The quantitative estimate of drug-likeness (QED) is 0.440. The third-order valence-corrected chi connectivity index (χ3v) is 4.79. The van der Waals surface area contributed by atoms with Crippen LogP contribution < -0.4 is 10.6 Å². The summed E-state index contributed by atoms with van der Waals surface area (Å²) in [6, 6.07) is 6.32. The molecule has 0 bridgehead atoms. The van der Waals surface area contributed by atoms with E-state index in [-0.39, 0.29) is 11.4 Å². The Morgan fingerprint density at radius 1 is 1.22 bits per heavy atom. The first-order valence-corrected chi connectivity index (χ1v) is 9.70. The zero-order chi connectivity index (χ0) is 22.7. The van der Waals surface area contributed by atoms with Crippen LogP contribution in [0.25, 0.3) is 16.9 Å². The maximum Gasteiger partial charge on any atom is 0.323 e. The van der Waals surface area contributed by atoms with E-state index in [1.54, 1.807) is 19.2 Å². The van der Waals surface area contributed by atoms with Crippen LogP contribution >= 0.6 is 11.6 Å². The molecule has 0 aliphatic heterocycles. The van der Waals surface area contributed by atoms with Gasteiger partial charge in [-0.3, -0.25) is 4.98 Å². The number of ether oxygens (including phenoxy) is 1. The fraction of sp³-hybridized carbons (Fsp3) is 0.150. The maximum atomic E-state index is 12.7. The molecule has 0 aromatic carbocycles. The van der Waals surface area contributed by atoms with Gasteiger partial charge in [-0.1, -0.05) is 11.6 Å². The lowest BCUT2D eigenvalue weighted by Gasteiger charge is -2.18. The van der Waals surface area contributed by atoms with Crippen molar-refractivity contribution in [1.82, 2.24) is 29.9 Å². The summed E-state index contributed by atoms with van der Waals surface area (Å²) in [5.41, 5.74) is 2.68. The molecular formula is C20H16ClN9O2. The molecule has 2 N–H and O–H groups in total. The number of halogens is 1. The number of nitrogens with zero attached hydrogens (tertiary/aromatic N) is 7. The summed E-state index contributed by atoms with van der Waals surface area (Å²) in [7, 11) is 1.55. The van der Waals surface area contributed by atoms with Crippen molar-refractivity contribution >= 4 is 40.0 Å². The number of carbonyl (C=O) groups is 1. The molecule has 4 aromatic heterocycles. The average Bonchev–Trinajstić information content (AvgIpc) is 3.33. The largest absolute Gasteiger partial charge is 0.377 e. The number of hydrogen-bond acceptors (Lipinski definition) is 8.